The van der Waals surface area contributed by atoms with Gasteiger partial charge in [-0.15, -0.1) is 0 Å². The van der Waals surface area contributed by atoms with Gasteiger partial charge in [-0.1, -0.05) is 79.8 Å². The molecule has 6 nitrogen and oxygen atoms in total. The minimum Gasteiger partial charge on any atom is -0.417 e. The van der Waals surface area contributed by atoms with E-state index in [9.17, 15) is 5.53 Å². The molecule has 3 aliphatic carbocycles. The summed E-state index contributed by atoms with van der Waals surface area (Å²) < 4.78 is 6.97. The van der Waals surface area contributed by atoms with Crippen molar-refractivity contribution in [3.63, 3.8) is 0 Å². The first kappa shape index (κ1) is 33.5. The maximum absolute atomic E-state index is 9.50. The van der Waals surface area contributed by atoms with Crippen molar-refractivity contribution in [2.45, 2.75) is 131 Å². The van der Waals surface area contributed by atoms with Crippen molar-refractivity contribution in [3.05, 3.63) is 34.2 Å². The summed E-state index contributed by atoms with van der Waals surface area (Å²) in [6.45, 7) is 25.5. The van der Waals surface area contributed by atoms with Crippen molar-refractivity contribution in [1.82, 2.24) is 9.97 Å². The van der Waals surface area contributed by atoms with E-state index in [1.165, 1.54) is 50.6 Å². The highest BCUT2D eigenvalue weighted by Gasteiger charge is 2.59. The van der Waals surface area contributed by atoms with Crippen LogP contribution in [0.1, 0.15) is 112 Å². The summed E-state index contributed by atoms with van der Waals surface area (Å²) in [7, 11) is -1.91. The predicted molar refractivity (Wildman–Crippen MR) is 177 cm³/mol. The second-order valence-electron chi connectivity index (χ2n) is 16.9. The Morgan fingerprint density at radius 2 is 1.69 bits per heavy atom. The first-order chi connectivity index (χ1) is 19.6. The zero-order valence-electron chi connectivity index (χ0n) is 28.6. The molecule has 0 aliphatic heterocycles. The van der Waals surface area contributed by atoms with E-state index in [2.05, 4.69) is 78.5 Å². The minimum atomic E-state index is -1.91. The fourth-order valence-electron chi connectivity index (χ4n) is 9.41. The van der Waals surface area contributed by atoms with Crippen LogP contribution in [0, 0.1) is 52.3 Å². The third-order valence-corrected chi connectivity index (χ3v) is 17.6. The van der Waals surface area contributed by atoms with Gasteiger partial charge in [-0.3, -0.25) is 9.97 Å². The molecule has 0 bridgehead atoms. The van der Waals surface area contributed by atoms with Crippen molar-refractivity contribution >= 4 is 8.32 Å². The maximum Gasteiger partial charge on any atom is 0.191 e. The SMILES string of the molecule is CC(C)CCC[C@@H](C)[C@H]1CC[C@H]2[C@H](CN=[N+]=[N-])[C@@H]([C@@]3(C)Cc4nccnc4C[C@@H]3CO[Si](C)(C)C(C)(C)C)CC[C@]12C. The molecule has 4 rings (SSSR count). The molecule has 2 saturated carbocycles. The lowest BCUT2D eigenvalue weighted by molar-refractivity contribution is -0.0757. The monoisotopic (exact) mass is 595 g/mol. The van der Waals surface area contributed by atoms with Gasteiger partial charge >= 0.3 is 0 Å². The number of fused-ring (bicyclic) bond motifs is 2. The molecule has 1 aromatic rings. The predicted octanol–water partition coefficient (Wildman–Crippen LogP) is 10.1. The molecule has 2 fully saturated rings. The van der Waals surface area contributed by atoms with E-state index in [0.29, 0.717) is 35.6 Å². The highest BCUT2D eigenvalue weighted by atomic mass is 28.4. The van der Waals surface area contributed by atoms with Gasteiger partial charge < -0.3 is 4.43 Å². The molecule has 0 saturated heterocycles. The number of hydrogen-bond donors (Lipinski definition) is 0. The van der Waals surface area contributed by atoms with E-state index in [4.69, 9.17) is 14.4 Å². The fraction of sp³-hybridized carbons (Fsp3) is 0.886. The Hall–Kier alpha value is -1.43. The molecule has 0 unspecified atom stereocenters. The van der Waals surface area contributed by atoms with Gasteiger partial charge in [0.1, 0.15) is 0 Å². The van der Waals surface area contributed by atoms with Crippen LogP contribution in [0.2, 0.25) is 18.1 Å². The zero-order chi connectivity index (χ0) is 30.9. The summed E-state index contributed by atoms with van der Waals surface area (Å²) in [6, 6.07) is 0. The third kappa shape index (κ3) is 6.64. The normalized spacial score (nSPS) is 34.0. The van der Waals surface area contributed by atoms with Crippen molar-refractivity contribution in [3.8, 4) is 0 Å². The molecule has 236 valence electrons. The molecular weight excluding hydrogens is 535 g/mol. The van der Waals surface area contributed by atoms with Crippen molar-refractivity contribution < 1.29 is 4.43 Å². The first-order valence-electron chi connectivity index (χ1n) is 17.1. The Morgan fingerprint density at radius 1 is 1.02 bits per heavy atom. The van der Waals surface area contributed by atoms with E-state index >= 15 is 0 Å². The average Bonchev–Trinajstić information content (AvgIpc) is 3.26. The summed E-state index contributed by atoms with van der Waals surface area (Å²) in [5.74, 6) is 4.20. The van der Waals surface area contributed by atoms with Crippen molar-refractivity contribution in [1.29, 1.82) is 0 Å². The lowest BCUT2D eigenvalue weighted by atomic mass is 9.48. The lowest BCUT2D eigenvalue weighted by Crippen LogP contribution is -2.54. The summed E-state index contributed by atoms with van der Waals surface area (Å²) >= 11 is 0. The summed E-state index contributed by atoms with van der Waals surface area (Å²) in [5.41, 5.74) is 12.2. The third-order valence-electron chi connectivity index (χ3n) is 13.1. The molecular formula is C35H61N5OSi. The standard InChI is InChI=1S/C35H61N5OSi/c1-24(2)12-11-13-25(3)28-14-15-29-27(22-39-40-36)30(16-17-34(28,29)7)35(8)21-32-31(37-18-19-38-32)20-26(35)23-41-42(9,10)33(4,5)6/h18-19,24-30H,11-17,20-23H2,1-10H3/t25-,26-,27+,28-,29+,30+,34-,35+/m1/s1. The Labute approximate surface area is 258 Å². The second kappa shape index (κ2) is 12.9. The summed E-state index contributed by atoms with van der Waals surface area (Å²) in [5, 5.41) is 4.49. The highest BCUT2D eigenvalue weighted by molar-refractivity contribution is 6.74. The molecule has 0 N–H and O–H groups in total. The smallest absolute Gasteiger partial charge is 0.191 e. The van der Waals surface area contributed by atoms with Crippen LogP contribution in [-0.2, 0) is 17.3 Å². The Kier molecular flexibility index (Phi) is 10.3. The van der Waals surface area contributed by atoms with Crippen LogP contribution in [0.25, 0.3) is 10.4 Å². The highest BCUT2D eigenvalue weighted by Crippen LogP contribution is 2.65. The molecule has 1 heterocycles. The van der Waals surface area contributed by atoms with Crippen LogP contribution in [0.5, 0.6) is 0 Å². The van der Waals surface area contributed by atoms with Gasteiger partial charge in [-0.2, -0.15) is 0 Å². The topological polar surface area (TPSA) is 83.8 Å². The maximum atomic E-state index is 9.50. The molecule has 42 heavy (non-hydrogen) atoms. The van der Waals surface area contributed by atoms with Crippen LogP contribution in [0.4, 0.5) is 0 Å². The number of nitrogens with zero attached hydrogens (tertiary/aromatic N) is 5. The van der Waals surface area contributed by atoms with Crippen LogP contribution in [0.3, 0.4) is 0 Å². The van der Waals surface area contributed by atoms with E-state index < -0.39 is 8.32 Å². The van der Waals surface area contributed by atoms with Crippen LogP contribution in [0.15, 0.2) is 17.5 Å². The van der Waals surface area contributed by atoms with Gasteiger partial charge in [-0.05, 0) is 114 Å². The van der Waals surface area contributed by atoms with Gasteiger partial charge in [0.2, 0.25) is 0 Å². The molecule has 0 aromatic carbocycles. The fourth-order valence-corrected chi connectivity index (χ4v) is 10.5. The summed E-state index contributed by atoms with van der Waals surface area (Å²) in [6.07, 6.45) is 14.7. The van der Waals surface area contributed by atoms with Crippen molar-refractivity contribution in [2.75, 3.05) is 13.2 Å². The largest absolute Gasteiger partial charge is 0.417 e. The Bertz CT molecular complexity index is 1110. The van der Waals surface area contributed by atoms with Gasteiger partial charge in [0, 0.05) is 30.5 Å². The van der Waals surface area contributed by atoms with E-state index in [0.717, 1.165) is 42.9 Å². The molecule has 3 aliphatic rings. The van der Waals surface area contributed by atoms with Crippen LogP contribution >= 0.6 is 0 Å². The Balaban J connectivity index is 1.64. The first-order valence-corrected chi connectivity index (χ1v) is 20.0. The van der Waals surface area contributed by atoms with E-state index in [-0.39, 0.29) is 10.5 Å². The quantitative estimate of drug-likeness (QED) is 0.110. The van der Waals surface area contributed by atoms with E-state index in [1.54, 1.807) is 0 Å². The number of azide groups is 1. The van der Waals surface area contributed by atoms with E-state index in [1.807, 2.05) is 12.4 Å². The zero-order valence-corrected chi connectivity index (χ0v) is 29.6. The molecule has 0 amide bonds. The molecule has 0 spiro atoms. The molecule has 7 heteroatoms. The number of rotatable bonds is 11. The Morgan fingerprint density at radius 3 is 2.33 bits per heavy atom. The van der Waals surface area contributed by atoms with Crippen LogP contribution in [-0.4, -0.2) is 31.4 Å². The van der Waals surface area contributed by atoms with Gasteiger partial charge in [0.25, 0.3) is 0 Å². The molecule has 0 radical (unpaired) electrons. The molecule has 1 aromatic heterocycles. The second-order valence-corrected chi connectivity index (χ2v) is 21.7. The lowest BCUT2D eigenvalue weighted by Gasteiger charge is -2.57. The van der Waals surface area contributed by atoms with Crippen molar-refractivity contribution in [2.24, 2.45) is 57.4 Å². The van der Waals surface area contributed by atoms with Gasteiger partial charge in [0.05, 0.1) is 11.4 Å². The number of aromatic nitrogens is 2. The summed E-state index contributed by atoms with van der Waals surface area (Å²) in [4.78, 5) is 13.0. The van der Waals surface area contributed by atoms with Crippen LogP contribution < -0.4 is 0 Å². The van der Waals surface area contributed by atoms with Gasteiger partial charge in [-0.25, -0.2) is 0 Å². The number of hydrogen-bond acceptors (Lipinski definition) is 4. The average molecular weight is 596 g/mol. The minimum absolute atomic E-state index is 0.0311. The molecule has 8 atom stereocenters. The van der Waals surface area contributed by atoms with Gasteiger partial charge in [0.15, 0.2) is 8.32 Å².